The number of nitrogens with zero attached hydrogens (tertiary/aromatic N) is 1. The summed E-state index contributed by atoms with van der Waals surface area (Å²) in [6.45, 7) is 2.16. The smallest absolute Gasteiger partial charge is 0.252 e. The molecule has 0 fully saturated rings. The third-order valence-corrected chi connectivity index (χ3v) is 3.97. The fourth-order valence-corrected chi connectivity index (χ4v) is 2.33. The molecule has 2 N–H and O–H groups in total. The molecule has 4 heteroatoms. The molecule has 0 saturated heterocycles. The molecule has 116 valence electrons. The van der Waals surface area contributed by atoms with Crippen LogP contribution in [-0.2, 0) is 0 Å². The Morgan fingerprint density at radius 1 is 1.09 bits per heavy atom. The normalized spacial score (nSPS) is 12.2. The average Bonchev–Trinajstić information content (AvgIpc) is 2.53. The first-order valence-corrected chi connectivity index (χ1v) is 7.18. The number of benzene rings is 2. The monoisotopic (exact) mass is 298 g/mol. The highest BCUT2D eigenvalue weighted by Crippen LogP contribution is 2.28. The Bertz CT molecular complexity index is 663. The summed E-state index contributed by atoms with van der Waals surface area (Å²) in [4.78, 5) is 13.7. The molecule has 0 aliphatic carbocycles. The summed E-state index contributed by atoms with van der Waals surface area (Å²) in [5, 5.41) is 0. The van der Waals surface area contributed by atoms with Crippen LogP contribution >= 0.6 is 0 Å². The zero-order chi connectivity index (χ0) is 16.3. The summed E-state index contributed by atoms with van der Waals surface area (Å²) in [7, 11) is 5.64. The number of primary amides is 1. The van der Waals surface area contributed by atoms with Gasteiger partial charge < -0.3 is 15.4 Å². The predicted octanol–water partition coefficient (Wildman–Crippen LogP) is 3.08. The first-order valence-electron chi connectivity index (χ1n) is 7.18. The maximum Gasteiger partial charge on any atom is 0.252 e. The van der Waals surface area contributed by atoms with Gasteiger partial charge in [-0.25, -0.2) is 0 Å². The lowest BCUT2D eigenvalue weighted by Crippen LogP contribution is -2.16. The standard InChI is InChI=1S/C18H22N2O2/c1-12(20(2)3)13-5-7-14(8-6-13)15-9-10-17(22-4)16(11-15)18(19)21/h5-12H,1-4H3,(H2,19,21)/t12-/m1/s1. The number of carbonyl (C=O) groups excluding carboxylic acids is 1. The van der Waals surface area contributed by atoms with Crippen molar-refractivity contribution < 1.29 is 9.53 Å². The van der Waals surface area contributed by atoms with Crippen molar-refractivity contribution in [1.82, 2.24) is 4.90 Å². The molecule has 22 heavy (non-hydrogen) atoms. The van der Waals surface area contributed by atoms with E-state index in [1.807, 2.05) is 6.07 Å². The summed E-state index contributed by atoms with van der Waals surface area (Å²) < 4.78 is 5.17. The van der Waals surface area contributed by atoms with E-state index in [9.17, 15) is 4.79 Å². The van der Waals surface area contributed by atoms with Gasteiger partial charge in [0.05, 0.1) is 12.7 Å². The van der Waals surface area contributed by atoms with E-state index in [0.717, 1.165) is 11.1 Å². The van der Waals surface area contributed by atoms with Crippen molar-refractivity contribution in [1.29, 1.82) is 0 Å². The molecule has 0 aliphatic heterocycles. The maximum absolute atomic E-state index is 11.5. The van der Waals surface area contributed by atoms with Gasteiger partial charge in [0.25, 0.3) is 5.91 Å². The molecule has 0 unspecified atom stereocenters. The molecule has 1 atom stereocenters. The van der Waals surface area contributed by atoms with Gasteiger partial charge in [0.2, 0.25) is 0 Å². The molecule has 1 amide bonds. The van der Waals surface area contributed by atoms with E-state index < -0.39 is 5.91 Å². The average molecular weight is 298 g/mol. The number of hydrogen-bond acceptors (Lipinski definition) is 3. The van der Waals surface area contributed by atoms with Crippen LogP contribution < -0.4 is 10.5 Å². The largest absolute Gasteiger partial charge is 0.496 e. The first kappa shape index (κ1) is 16.0. The molecule has 2 aromatic rings. The minimum absolute atomic E-state index is 0.353. The molecule has 0 saturated carbocycles. The van der Waals surface area contributed by atoms with Gasteiger partial charge in [-0.05, 0) is 49.8 Å². The summed E-state index contributed by atoms with van der Waals surface area (Å²) in [6, 6.07) is 14.1. The van der Waals surface area contributed by atoms with E-state index in [-0.39, 0.29) is 0 Å². The molecule has 0 aliphatic rings. The number of carbonyl (C=O) groups is 1. The Hall–Kier alpha value is -2.33. The second-order valence-corrected chi connectivity index (χ2v) is 5.54. The van der Waals surface area contributed by atoms with Crippen molar-refractivity contribution in [3.63, 3.8) is 0 Å². The quantitative estimate of drug-likeness (QED) is 0.923. The molecule has 0 heterocycles. The van der Waals surface area contributed by atoms with E-state index >= 15 is 0 Å². The van der Waals surface area contributed by atoms with Gasteiger partial charge in [-0.15, -0.1) is 0 Å². The molecule has 0 spiro atoms. The van der Waals surface area contributed by atoms with Crippen LogP contribution in [0.3, 0.4) is 0 Å². The molecule has 0 radical (unpaired) electrons. The fraction of sp³-hybridized carbons (Fsp3) is 0.278. The van der Waals surface area contributed by atoms with Crippen molar-refractivity contribution in [3.8, 4) is 16.9 Å². The number of nitrogens with two attached hydrogens (primary N) is 1. The van der Waals surface area contributed by atoms with Crippen LogP contribution in [-0.4, -0.2) is 32.0 Å². The minimum atomic E-state index is -0.489. The van der Waals surface area contributed by atoms with E-state index in [1.54, 1.807) is 12.1 Å². The second-order valence-electron chi connectivity index (χ2n) is 5.54. The van der Waals surface area contributed by atoms with Crippen LogP contribution in [0, 0.1) is 0 Å². The highest BCUT2D eigenvalue weighted by atomic mass is 16.5. The topological polar surface area (TPSA) is 55.6 Å². The fourth-order valence-electron chi connectivity index (χ4n) is 2.33. The van der Waals surface area contributed by atoms with Crippen molar-refractivity contribution in [3.05, 3.63) is 53.6 Å². The maximum atomic E-state index is 11.5. The van der Waals surface area contributed by atoms with Gasteiger partial charge in [0, 0.05) is 6.04 Å². The minimum Gasteiger partial charge on any atom is -0.496 e. The number of rotatable bonds is 5. The Kier molecular flexibility index (Phi) is 4.83. The van der Waals surface area contributed by atoms with Crippen molar-refractivity contribution in [2.75, 3.05) is 21.2 Å². The van der Waals surface area contributed by atoms with E-state index in [4.69, 9.17) is 10.5 Å². The zero-order valence-corrected chi connectivity index (χ0v) is 13.5. The molecule has 4 nitrogen and oxygen atoms in total. The molecule has 0 bridgehead atoms. The van der Waals surface area contributed by atoms with Crippen LogP contribution in [0.2, 0.25) is 0 Å². The summed E-state index contributed by atoms with van der Waals surface area (Å²) >= 11 is 0. The number of amides is 1. The second kappa shape index (κ2) is 6.62. The van der Waals surface area contributed by atoms with E-state index in [0.29, 0.717) is 17.4 Å². The Labute approximate surface area is 131 Å². The van der Waals surface area contributed by atoms with Crippen molar-refractivity contribution in [2.45, 2.75) is 13.0 Å². The molecule has 0 aromatic heterocycles. The van der Waals surface area contributed by atoms with Gasteiger partial charge in [-0.3, -0.25) is 4.79 Å². The predicted molar refractivity (Wildman–Crippen MR) is 89.0 cm³/mol. The van der Waals surface area contributed by atoms with Crippen LogP contribution in [0.15, 0.2) is 42.5 Å². The highest BCUT2D eigenvalue weighted by molar-refractivity contribution is 5.97. The Morgan fingerprint density at radius 3 is 2.18 bits per heavy atom. The lowest BCUT2D eigenvalue weighted by molar-refractivity contribution is 0.0997. The zero-order valence-electron chi connectivity index (χ0n) is 13.5. The summed E-state index contributed by atoms with van der Waals surface area (Å²) in [6.07, 6.45) is 0. The molecular weight excluding hydrogens is 276 g/mol. The molecule has 2 rings (SSSR count). The third-order valence-electron chi connectivity index (χ3n) is 3.97. The van der Waals surface area contributed by atoms with Crippen molar-refractivity contribution >= 4 is 5.91 Å². The molecular formula is C18H22N2O2. The van der Waals surface area contributed by atoms with E-state index in [2.05, 4.69) is 50.2 Å². The summed E-state index contributed by atoms with van der Waals surface area (Å²) in [5.74, 6) is 0.00523. The van der Waals surface area contributed by atoms with Crippen LogP contribution in [0.25, 0.3) is 11.1 Å². The van der Waals surface area contributed by atoms with Gasteiger partial charge in [0.1, 0.15) is 5.75 Å². The van der Waals surface area contributed by atoms with Crippen molar-refractivity contribution in [2.24, 2.45) is 5.73 Å². The van der Waals surface area contributed by atoms with Gasteiger partial charge in [-0.1, -0.05) is 30.3 Å². The number of ether oxygens (including phenoxy) is 1. The number of methoxy groups -OCH3 is 1. The SMILES string of the molecule is COc1ccc(-c2ccc([C@@H](C)N(C)C)cc2)cc1C(N)=O. The Morgan fingerprint density at radius 2 is 1.68 bits per heavy atom. The lowest BCUT2D eigenvalue weighted by atomic mass is 9.99. The van der Waals surface area contributed by atoms with Gasteiger partial charge >= 0.3 is 0 Å². The summed E-state index contributed by atoms with van der Waals surface area (Å²) in [5.41, 5.74) is 9.04. The first-order chi connectivity index (χ1) is 10.4. The third kappa shape index (κ3) is 3.28. The number of hydrogen-bond donors (Lipinski definition) is 1. The van der Waals surface area contributed by atoms with Gasteiger partial charge in [0.15, 0.2) is 0 Å². The lowest BCUT2D eigenvalue weighted by Gasteiger charge is -2.20. The van der Waals surface area contributed by atoms with Crippen LogP contribution in [0.1, 0.15) is 28.9 Å². The van der Waals surface area contributed by atoms with Crippen LogP contribution in [0.4, 0.5) is 0 Å². The van der Waals surface area contributed by atoms with Crippen LogP contribution in [0.5, 0.6) is 5.75 Å². The highest BCUT2D eigenvalue weighted by Gasteiger charge is 2.12. The van der Waals surface area contributed by atoms with E-state index in [1.165, 1.54) is 12.7 Å². The molecule has 2 aromatic carbocycles. The Balaban J connectivity index is 2.36. The van der Waals surface area contributed by atoms with Gasteiger partial charge in [-0.2, -0.15) is 0 Å².